The summed E-state index contributed by atoms with van der Waals surface area (Å²) >= 11 is 0. The number of hydrogen-bond donors (Lipinski definition) is 0. The van der Waals surface area contributed by atoms with Gasteiger partial charge in [-0.25, -0.2) is 9.18 Å². The minimum absolute atomic E-state index is 0.0920. The van der Waals surface area contributed by atoms with Crippen molar-refractivity contribution in [3.05, 3.63) is 41.5 Å². The summed E-state index contributed by atoms with van der Waals surface area (Å²) in [4.78, 5) is 26.0. The van der Waals surface area contributed by atoms with Crippen LogP contribution in [0.5, 0.6) is 11.5 Å². The van der Waals surface area contributed by atoms with E-state index in [0.29, 0.717) is 17.7 Å². The number of ketones is 1. The Balaban J connectivity index is 2.11. The molecule has 3 unspecified atom stereocenters. The van der Waals surface area contributed by atoms with Crippen LogP contribution in [-0.4, -0.2) is 62.5 Å². The maximum Gasteiger partial charge on any atom is 0.342 e. The first-order chi connectivity index (χ1) is 16.0. The van der Waals surface area contributed by atoms with E-state index in [1.54, 1.807) is 32.1 Å². The van der Waals surface area contributed by atoms with E-state index in [9.17, 15) is 9.59 Å². The lowest BCUT2D eigenvalue weighted by atomic mass is 9.98. The summed E-state index contributed by atoms with van der Waals surface area (Å²) in [5.74, 6) is -1.60. The van der Waals surface area contributed by atoms with Crippen LogP contribution in [0.1, 0.15) is 50.0 Å². The summed E-state index contributed by atoms with van der Waals surface area (Å²) in [6.45, 7) is 5.94. The normalized spacial score (nSPS) is 31.0. The van der Waals surface area contributed by atoms with E-state index in [0.717, 1.165) is 12.2 Å². The summed E-state index contributed by atoms with van der Waals surface area (Å²) in [6.07, 6.45) is 3.23. The van der Waals surface area contributed by atoms with Gasteiger partial charge >= 0.3 is 5.97 Å². The second-order valence-electron chi connectivity index (χ2n) is 8.81. The number of fused-ring (bicyclic) bond motifs is 2. The topological polar surface area (TPSA) is 89.5 Å². The minimum Gasteiger partial charge on any atom is -0.497 e. The van der Waals surface area contributed by atoms with Gasteiger partial charge in [-0.15, -0.1) is 0 Å². The highest BCUT2D eigenvalue weighted by Crippen LogP contribution is 2.35. The molecule has 0 N–H and O–H groups in total. The quantitative estimate of drug-likeness (QED) is 0.474. The molecule has 4 atom stereocenters. The first-order valence-corrected chi connectivity index (χ1v) is 11.0. The Morgan fingerprint density at radius 3 is 2.53 bits per heavy atom. The first kappa shape index (κ1) is 25.9. The van der Waals surface area contributed by atoms with Crippen molar-refractivity contribution < 1.29 is 42.4 Å². The molecular formula is C25H31FO8. The lowest BCUT2D eigenvalue weighted by molar-refractivity contribution is -0.152. The van der Waals surface area contributed by atoms with E-state index < -0.39 is 41.5 Å². The fraction of sp³-hybridized carbons (Fsp3) is 0.520. The van der Waals surface area contributed by atoms with Crippen molar-refractivity contribution in [3.8, 4) is 11.5 Å². The molecule has 0 saturated carbocycles. The number of rotatable bonds is 4. The summed E-state index contributed by atoms with van der Waals surface area (Å²) in [5, 5.41) is 0. The fourth-order valence-corrected chi connectivity index (χ4v) is 3.70. The lowest BCUT2D eigenvalue weighted by Crippen LogP contribution is -2.36. The molecule has 0 aromatic heterocycles. The number of alkyl halides is 1. The smallest absolute Gasteiger partial charge is 0.342 e. The third-order valence-corrected chi connectivity index (χ3v) is 5.66. The van der Waals surface area contributed by atoms with Crippen molar-refractivity contribution in [1.29, 1.82) is 0 Å². The van der Waals surface area contributed by atoms with Crippen LogP contribution in [0.3, 0.4) is 0 Å². The lowest BCUT2D eigenvalue weighted by Gasteiger charge is -2.25. The number of methoxy groups -OCH3 is 2. The SMILES string of the molecule is COCOc1cc(OC)cc2c1C(=O)OC(C)C(C)(F)/C=C\C(=O)C1OC(C)(C)O[C@H]1C/C=C/2. The summed E-state index contributed by atoms with van der Waals surface area (Å²) < 4.78 is 48.5. The molecule has 9 heteroatoms. The van der Waals surface area contributed by atoms with Crippen LogP contribution >= 0.6 is 0 Å². The van der Waals surface area contributed by atoms with Gasteiger partial charge in [-0.05, 0) is 57.9 Å². The van der Waals surface area contributed by atoms with Crippen LogP contribution in [0, 0.1) is 0 Å². The Labute approximate surface area is 198 Å². The van der Waals surface area contributed by atoms with Gasteiger partial charge in [0.25, 0.3) is 0 Å². The van der Waals surface area contributed by atoms with Gasteiger partial charge in [-0.1, -0.05) is 12.2 Å². The molecule has 2 aliphatic rings. The highest BCUT2D eigenvalue weighted by molar-refractivity contribution is 5.97. The Bertz CT molecular complexity index is 981. The average Bonchev–Trinajstić information content (AvgIpc) is 3.09. The molecule has 3 rings (SSSR count). The summed E-state index contributed by atoms with van der Waals surface area (Å²) in [6, 6.07) is 3.16. The van der Waals surface area contributed by atoms with Crippen molar-refractivity contribution >= 4 is 17.8 Å². The third kappa shape index (κ3) is 5.84. The molecule has 186 valence electrons. The molecule has 8 nitrogen and oxygen atoms in total. The Morgan fingerprint density at radius 1 is 1.12 bits per heavy atom. The minimum atomic E-state index is -2.13. The molecule has 0 bridgehead atoms. The van der Waals surface area contributed by atoms with Crippen LogP contribution in [0.25, 0.3) is 6.08 Å². The predicted molar refractivity (Wildman–Crippen MR) is 122 cm³/mol. The first-order valence-electron chi connectivity index (χ1n) is 11.0. The van der Waals surface area contributed by atoms with Crippen molar-refractivity contribution in [3.63, 3.8) is 0 Å². The van der Waals surface area contributed by atoms with Crippen molar-refractivity contribution in [2.24, 2.45) is 0 Å². The van der Waals surface area contributed by atoms with E-state index in [2.05, 4.69) is 0 Å². The van der Waals surface area contributed by atoms with Crippen LogP contribution in [0.2, 0.25) is 0 Å². The number of hydrogen-bond acceptors (Lipinski definition) is 8. The van der Waals surface area contributed by atoms with E-state index in [-0.39, 0.29) is 18.1 Å². The van der Waals surface area contributed by atoms with Crippen molar-refractivity contribution in [1.82, 2.24) is 0 Å². The zero-order valence-electron chi connectivity index (χ0n) is 20.3. The molecule has 2 aliphatic heterocycles. The zero-order valence-corrected chi connectivity index (χ0v) is 20.3. The van der Waals surface area contributed by atoms with Gasteiger partial charge in [0.1, 0.15) is 29.3 Å². The monoisotopic (exact) mass is 478 g/mol. The Kier molecular flexibility index (Phi) is 7.80. The molecule has 0 aliphatic carbocycles. The molecule has 0 radical (unpaired) electrons. The van der Waals surface area contributed by atoms with Gasteiger partial charge < -0.3 is 28.4 Å². The van der Waals surface area contributed by atoms with Crippen molar-refractivity contribution in [2.45, 2.75) is 63.9 Å². The zero-order chi connectivity index (χ0) is 25.1. The molecule has 1 aromatic carbocycles. The molecule has 1 fully saturated rings. The van der Waals surface area contributed by atoms with Gasteiger partial charge in [0.05, 0.1) is 13.2 Å². The Hall–Kier alpha value is -2.75. The van der Waals surface area contributed by atoms with E-state index in [1.165, 1.54) is 34.1 Å². The summed E-state index contributed by atoms with van der Waals surface area (Å²) in [7, 11) is 2.93. The van der Waals surface area contributed by atoms with Gasteiger partial charge in [0, 0.05) is 13.2 Å². The molecule has 2 heterocycles. The van der Waals surface area contributed by atoms with Crippen LogP contribution in [0.15, 0.2) is 30.4 Å². The average molecular weight is 479 g/mol. The number of halogens is 1. The highest BCUT2D eigenvalue weighted by atomic mass is 19.1. The number of ether oxygens (including phenoxy) is 6. The third-order valence-electron chi connectivity index (χ3n) is 5.66. The standard InChI is InChI=1S/C25H31FO8/c1-15-25(4,26)11-10-18(27)22-19(33-24(2,3)34-22)9-7-8-16-12-17(30-6)13-20(31-14-29-5)21(16)23(28)32-15/h7-8,10-13,15,19,22H,9,14H2,1-6H3/b8-7+,11-10-/t15?,19-,22?,25?/m0/s1. The maximum atomic E-state index is 15.4. The second kappa shape index (κ2) is 10.2. The number of benzene rings is 1. The van der Waals surface area contributed by atoms with Gasteiger partial charge in [-0.2, -0.15) is 0 Å². The predicted octanol–water partition coefficient (Wildman–Crippen LogP) is 4.01. The van der Waals surface area contributed by atoms with Crippen LogP contribution in [-0.2, 0) is 23.7 Å². The van der Waals surface area contributed by atoms with E-state index in [1.807, 2.05) is 0 Å². The van der Waals surface area contributed by atoms with Gasteiger partial charge in [0.15, 0.2) is 24.0 Å². The number of carbonyl (C=O) groups is 2. The van der Waals surface area contributed by atoms with Crippen LogP contribution < -0.4 is 9.47 Å². The van der Waals surface area contributed by atoms with Crippen molar-refractivity contribution in [2.75, 3.05) is 21.0 Å². The number of esters is 1. The van der Waals surface area contributed by atoms with E-state index in [4.69, 9.17) is 28.4 Å². The molecular weight excluding hydrogens is 447 g/mol. The maximum absolute atomic E-state index is 15.4. The molecule has 1 saturated heterocycles. The summed E-state index contributed by atoms with van der Waals surface area (Å²) in [5.41, 5.74) is -1.61. The fourth-order valence-electron chi connectivity index (χ4n) is 3.70. The Morgan fingerprint density at radius 2 is 1.85 bits per heavy atom. The van der Waals surface area contributed by atoms with Gasteiger partial charge in [-0.3, -0.25) is 4.79 Å². The molecule has 0 spiro atoms. The molecule has 34 heavy (non-hydrogen) atoms. The second-order valence-corrected chi connectivity index (χ2v) is 8.81. The molecule has 0 amide bonds. The van der Waals surface area contributed by atoms with E-state index >= 15 is 4.39 Å². The largest absolute Gasteiger partial charge is 0.497 e. The molecule has 1 aromatic rings. The van der Waals surface area contributed by atoms with Crippen LogP contribution in [0.4, 0.5) is 4.39 Å². The van der Waals surface area contributed by atoms with Gasteiger partial charge in [0.2, 0.25) is 0 Å². The number of cyclic esters (lactones) is 1. The number of carbonyl (C=O) groups excluding carboxylic acids is 2. The highest BCUT2D eigenvalue weighted by Gasteiger charge is 2.44.